The number of hydrogen-bond donors (Lipinski definition) is 0. The van der Waals surface area contributed by atoms with Crippen molar-refractivity contribution < 1.29 is 19.1 Å². The van der Waals surface area contributed by atoms with Gasteiger partial charge in [-0.1, -0.05) is 29.8 Å². The van der Waals surface area contributed by atoms with Crippen molar-refractivity contribution in [1.82, 2.24) is 0 Å². The van der Waals surface area contributed by atoms with E-state index in [0.717, 1.165) is 10.1 Å². The number of thiophene rings is 1. The fraction of sp³-hybridized carbons (Fsp3) is 0.231. The van der Waals surface area contributed by atoms with Gasteiger partial charge in [0.25, 0.3) is 0 Å². The number of ether oxygens (including phenoxy) is 2. The predicted octanol–water partition coefficient (Wildman–Crippen LogP) is 3.03. The standard InChI is InChI=1S/C13H9ClO4S/c14-10-7-3-1-2-4-9(7)19-11(10)13(16)18-8-5-6-17-12(8)15/h1-4,8H,5-6H2/t8-/m1/s1. The molecule has 1 aromatic heterocycles. The smallest absolute Gasteiger partial charge is 0.350 e. The highest BCUT2D eigenvalue weighted by atomic mass is 35.5. The van der Waals surface area contributed by atoms with Gasteiger partial charge in [0.2, 0.25) is 6.10 Å². The topological polar surface area (TPSA) is 52.6 Å². The minimum absolute atomic E-state index is 0.289. The van der Waals surface area contributed by atoms with E-state index in [9.17, 15) is 9.59 Å². The van der Waals surface area contributed by atoms with Gasteiger partial charge < -0.3 is 9.47 Å². The second kappa shape index (κ2) is 4.83. The van der Waals surface area contributed by atoms with E-state index in [1.165, 1.54) is 11.3 Å². The van der Waals surface area contributed by atoms with Crippen molar-refractivity contribution in [3.8, 4) is 0 Å². The van der Waals surface area contributed by atoms with E-state index in [2.05, 4.69) is 0 Å². The summed E-state index contributed by atoms with van der Waals surface area (Å²) in [6, 6.07) is 7.45. The Kier molecular flexibility index (Phi) is 3.16. The van der Waals surface area contributed by atoms with Crippen molar-refractivity contribution in [2.24, 2.45) is 0 Å². The first-order valence-corrected chi connectivity index (χ1v) is 6.91. The minimum atomic E-state index is -0.811. The molecule has 0 spiro atoms. The molecule has 0 N–H and O–H groups in total. The first-order valence-electron chi connectivity index (χ1n) is 5.71. The largest absolute Gasteiger partial charge is 0.463 e. The summed E-state index contributed by atoms with van der Waals surface area (Å²) in [5, 5.41) is 1.19. The third-order valence-electron chi connectivity index (χ3n) is 2.86. The van der Waals surface area contributed by atoms with Gasteiger partial charge in [-0.2, -0.15) is 0 Å². The Labute approximate surface area is 117 Å². The van der Waals surface area contributed by atoms with Crippen molar-refractivity contribution >= 4 is 45.0 Å². The quantitative estimate of drug-likeness (QED) is 0.799. The Morgan fingerprint density at radius 3 is 2.89 bits per heavy atom. The molecule has 1 saturated heterocycles. The lowest BCUT2D eigenvalue weighted by molar-refractivity contribution is -0.145. The van der Waals surface area contributed by atoms with Crippen molar-refractivity contribution in [2.75, 3.05) is 6.61 Å². The van der Waals surface area contributed by atoms with Crippen LogP contribution >= 0.6 is 22.9 Å². The Balaban J connectivity index is 1.89. The number of hydrogen-bond acceptors (Lipinski definition) is 5. The van der Waals surface area contributed by atoms with Crippen LogP contribution in [0.2, 0.25) is 5.02 Å². The number of halogens is 1. The first kappa shape index (κ1) is 12.4. The monoisotopic (exact) mass is 296 g/mol. The zero-order chi connectivity index (χ0) is 13.4. The van der Waals surface area contributed by atoms with E-state index in [-0.39, 0.29) is 6.61 Å². The van der Waals surface area contributed by atoms with Gasteiger partial charge in [-0.15, -0.1) is 11.3 Å². The maximum Gasteiger partial charge on any atom is 0.350 e. The number of fused-ring (bicyclic) bond motifs is 1. The van der Waals surface area contributed by atoms with E-state index < -0.39 is 18.0 Å². The summed E-state index contributed by atoms with van der Waals surface area (Å²) in [6.07, 6.45) is -0.415. The first-order chi connectivity index (χ1) is 9.16. The number of carbonyl (C=O) groups is 2. The molecule has 2 heterocycles. The molecule has 0 amide bonds. The Bertz CT molecular complexity index is 664. The fourth-order valence-electron chi connectivity index (χ4n) is 1.91. The Hall–Kier alpha value is -1.59. The van der Waals surface area contributed by atoms with Crippen LogP contribution in [0.25, 0.3) is 10.1 Å². The molecular formula is C13H9ClO4S. The van der Waals surface area contributed by atoms with Gasteiger partial charge in [0.15, 0.2) is 0 Å². The molecule has 0 saturated carbocycles. The lowest BCUT2D eigenvalue weighted by atomic mass is 10.2. The molecule has 4 nitrogen and oxygen atoms in total. The van der Waals surface area contributed by atoms with Gasteiger partial charge in [0.05, 0.1) is 11.6 Å². The second-order valence-electron chi connectivity index (χ2n) is 4.09. The zero-order valence-corrected chi connectivity index (χ0v) is 11.3. The SMILES string of the molecule is O=C(O[C@@H]1CCOC1=O)c1sc2ccccc2c1Cl. The van der Waals surface area contributed by atoms with Crippen molar-refractivity contribution in [1.29, 1.82) is 0 Å². The highest BCUT2D eigenvalue weighted by Gasteiger charge is 2.31. The molecule has 19 heavy (non-hydrogen) atoms. The van der Waals surface area contributed by atoms with Crippen LogP contribution in [-0.4, -0.2) is 24.6 Å². The van der Waals surface area contributed by atoms with E-state index >= 15 is 0 Å². The molecule has 3 rings (SSSR count). The van der Waals surface area contributed by atoms with Crippen LogP contribution < -0.4 is 0 Å². The maximum atomic E-state index is 12.0. The van der Waals surface area contributed by atoms with Crippen LogP contribution in [0.1, 0.15) is 16.1 Å². The fourth-order valence-corrected chi connectivity index (χ4v) is 3.30. The van der Waals surface area contributed by atoms with Crippen molar-refractivity contribution in [3.63, 3.8) is 0 Å². The molecule has 1 atom stereocenters. The molecule has 1 fully saturated rings. The third kappa shape index (κ3) is 2.19. The average molecular weight is 297 g/mol. The molecule has 98 valence electrons. The van der Waals surface area contributed by atoms with E-state index in [0.29, 0.717) is 16.3 Å². The molecule has 0 bridgehead atoms. The van der Waals surface area contributed by atoms with E-state index in [1.807, 2.05) is 24.3 Å². The van der Waals surface area contributed by atoms with E-state index in [4.69, 9.17) is 21.1 Å². The maximum absolute atomic E-state index is 12.0. The normalized spacial score (nSPS) is 18.6. The van der Waals surface area contributed by atoms with Gasteiger partial charge in [-0.25, -0.2) is 9.59 Å². The highest BCUT2D eigenvalue weighted by Crippen LogP contribution is 2.35. The Morgan fingerprint density at radius 2 is 2.21 bits per heavy atom. The lowest BCUT2D eigenvalue weighted by Gasteiger charge is -2.06. The molecule has 1 aliphatic rings. The van der Waals surface area contributed by atoms with Crippen LogP contribution in [0.3, 0.4) is 0 Å². The average Bonchev–Trinajstić information content (AvgIpc) is 2.95. The Morgan fingerprint density at radius 1 is 1.42 bits per heavy atom. The van der Waals surface area contributed by atoms with Crippen LogP contribution in [0, 0.1) is 0 Å². The molecule has 1 aromatic carbocycles. The van der Waals surface area contributed by atoms with Crippen LogP contribution in [0.15, 0.2) is 24.3 Å². The zero-order valence-electron chi connectivity index (χ0n) is 9.72. The van der Waals surface area contributed by atoms with Gasteiger partial charge in [0, 0.05) is 16.5 Å². The van der Waals surface area contributed by atoms with E-state index in [1.54, 1.807) is 0 Å². The predicted molar refractivity (Wildman–Crippen MR) is 71.6 cm³/mol. The summed E-state index contributed by atoms with van der Waals surface area (Å²) in [6.45, 7) is 0.289. The summed E-state index contributed by atoms with van der Waals surface area (Å²) in [4.78, 5) is 23.6. The van der Waals surface area contributed by atoms with Gasteiger partial charge in [-0.3, -0.25) is 0 Å². The van der Waals surface area contributed by atoms with Crippen LogP contribution in [-0.2, 0) is 14.3 Å². The molecule has 2 aromatic rings. The third-order valence-corrected chi connectivity index (χ3v) is 4.51. The molecule has 0 unspecified atom stereocenters. The summed E-state index contributed by atoms with van der Waals surface area (Å²) >= 11 is 7.43. The molecule has 0 aliphatic carbocycles. The van der Waals surface area contributed by atoms with Gasteiger partial charge in [0.1, 0.15) is 4.88 Å². The van der Waals surface area contributed by atoms with Crippen LogP contribution in [0.5, 0.6) is 0 Å². The van der Waals surface area contributed by atoms with Gasteiger partial charge in [-0.05, 0) is 6.07 Å². The van der Waals surface area contributed by atoms with Crippen LogP contribution in [0.4, 0.5) is 0 Å². The number of carbonyl (C=O) groups excluding carboxylic acids is 2. The summed E-state index contributed by atoms with van der Waals surface area (Å²) in [7, 11) is 0. The van der Waals surface area contributed by atoms with Crippen molar-refractivity contribution in [3.05, 3.63) is 34.2 Å². The number of esters is 2. The number of benzene rings is 1. The summed E-state index contributed by atoms with van der Waals surface area (Å²) < 4.78 is 10.8. The molecule has 1 aliphatic heterocycles. The van der Waals surface area contributed by atoms with Gasteiger partial charge >= 0.3 is 11.9 Å². The second-order valence-corrected chi connectivity index (χ2v) is 5.52. The molecular weight excluding hydrogens is 288 g/mol. The molecule has 0 radical (unpaired) electrons. The number of rotatable bonds is 2. The highest BCUT2D eigenvalue weighted by molar-refractivity contribution is 7.21. The van der Waals surface area contributed by atoms with Crippen molar-refractivity contribution in [2.45, 2.75) is 12.5 Å². The summed E-state index contributed by atoms with van der Waals surface area (Å²) in [5.74, 6) is -1.07. The lowest BCUT2D eigenvalue weighted by Crippen LogP contribution is -2.22. The molecule has 6 heteroatoms. The minimum Gasteiger partial charge on any atom is -0.463 e. The number of cyclic esters (lactones) is 1. The summed E-state index contributed by atoms with van der Waals surface area (Å²) in [5.41, 5.74) is 0.